The second-order valence-corrected chi connectivity index (χ2v) is 10.6. The molecule has 0 atom stereocenters. The van der Waals surface area contributed by atoms with E-state index in [0.29, 0.717) is 53.3 Å². The van der Waals surface area contributed by atoms with Crippen molar-refractivity contribution in [1.29, 1.82) is 0 Å². The van der Waals surface area contributed by atoms with Gasteiger partial charge in [-0.2, -0.15) is 0 Å². The zero-order valence-corrected chi connectivity index (χ0v) is 24.5. The molecule has 3 aromatic carbocycles. The first-order valence-corrected chi connectivity index (χ1v) is 14.4. The number of halogens is 2. The molecule has 9 nitrogen and oxygen atoms in total. The average Bonchev–Trinajstić information content (AvgIpc) is 3.84. The molecule has 1 aromatic heterocycles. The highest BCUT2D eigenvalue weighted by atomic mass is 19.1. The topological polar surface area (TPSA) is 111 Å². The highest BCUT2D eigenvalue weighted by Gasteiger charge is 2.56. The summed E-state index contributed by atoms with van der Waals surface area (Å²) < 4.78 is 45.8. The van der Waals surface area contributed by atoms with Crippen LogP contribution in [-0.4, -0.2) is 44.1 Å². The molecule has 230 valence electrons. The maximum atomic E-state index is 15.2. The van der Waals surface area contributed by atoms with Crippen LogP contribution in [0.2, 0.25) is 0 Å². The Kier molecular flexibility index (Phi) is 9.54. The summed E-state index contributed by atoms with van der Waals surface area (Å²) in [6.07, 6.45) is 5.26. The highest BCUT2D eigenvalue weighted by molar-refractivity contribution is 6.16. The minimum absolute atomic E-state index is 0.0634. The maximum absolute atomic E-state index is 15.2. The van der Waals surface area contributed by atoms with Crippen molar-refractivity contribution in [1.82, 2.24) is 10.3 Å². The van der Waals surface area contributed by atoms with Crippen LogP contribution in [-0.2, 0) is 9.59 Å². The Hall–Kier alpha value is -4.77. The lowest BCUT2D eigenvalue weighted by Crippen LogP contribution is -2.35. The number of rotatable bonds is 14. The van der Waals surface area contributed by atoms with Crippen LogP contribution >= 0.6 is 0 Å². The number of nitrogens with zero attached hydrogens (tertiary/aromatic N) is 1. The van der Waals surface area contributed by atoms with Crippen LogP contribution in [0.15, 0.2) is 66.9 Å². The van der Waals surface area contributed by atoms with Gasteiger partial charge in [0.15, 0.2) is 23.1 Å². The summed E-state index contributed by atoms with van der Waals surface area (Å²) in [6, 6.07) is 14.4. The molecule has 1 aliphatic carbocycles. The molecular weight excluding hydrogens is 570 g/mol. The fraction of sp³-hybridized carbons (Fsp3) is 0.303. The van der Waals surface area contributed by atoms with E-state index in [-0.39, 0.29) is 11.4 Å². The normalized spacial score (nSPS) is 13.3. The first-order chi connectivity index (χ1) is 21.3. The van der Waals surface area contributed by atoms with E-state index in [9.17, 15) is 14.0 Å². The summed E-state index contributed by atoms with van der Waals surface area (Å²) >= 11 is 0. The van der Waals surface area contributed by atoms with Gasteiger partial charge in [0.1, 0.15) is 17.0 Å². The summed E-state index contributed by atoms with van der Waals surface area (Å²) in [5.41, 5.74) is -0.130. The van der Waals surface area contributed by atoms with Gasteiger partial charge in [0.2, 0.25) is 11.8 Å². The number of ether oxygens (including phenoxy) is 3. The molecule has 44 heavy (non-hydrogen) atoms. The van der Waals surface area contributed by atoms with E-state index in [1.165, 1.54) is 36.4 Å². The summed E-state index contributed by atoms with van der Waals surface area (Å²) in [4.78, 5) is 30.3. The first-order valence-electron chi connectivity index (χ1n) is 14.4. The molecule has 1 heterocycles. The lowest BCUT2D eigenvalue weighted by molar-refractivity contribution is -0.131. The molecule has 5 rings (SSSR count). The van der Waals surface area contributed by atoms with E-state index < -0.39 is 28.9 Å². The smallest absolute Gasteiger partial charge is 0.240 e. The van der Waals surface area contributed by atoms with Crippen molar-refractivity contribution < 1.29 is 32.6 Å². The highest BCUT2D eigenvalue weighted by Crippen LogP contribution is 2.47. The molecule has 0 bridgehead atoms. The predicted octanol–water partition coefficient (Wildman–Crippen LogP) is 6.44. The summed E-state index contributed by atoms with van der Waals surface area (Å²) in [5.74, 6) is -0.837. The number of hydrogen-bond acceptors (Lipinski definition) is 7. The third-order valence-electron chi connectivity index (χ3n) is 7.45. The lowest BCUT2D eigenvalue weighted by Gasteiger charge is -2.16. The second kappa shape index (κ2) is 13.7. The van der Waals surface area contributed by atoms with Crippen LogP contribution in [0.4, 0.5) is 20.2 Å². The number of carbonyl (C=O) groups excluding carboxylic acids is 2. The molecule has 1 saturated carbocycles. The number of benzene rings is 3. The van der Waals surface area contributed by atoms with Gasteiger partial charge in [0, 0.05) is 35.1 Å². The van der Waals surface area contributed by atoms with Crippen LogP contribution in [0.25, 0.3) is 10.9 Å². The number of carbonyl (C=O) groups is 2. The Morgan fingerprint density at radius 3 is 2.25 bits per heavy atom. The van der Waals surface area contributed by atoms with E-state index in [1.807, 2.05) is 7.05 Å². The van der Waals surface area contributed by atoms with Gasteiger partial charge in [-0.15, -0.1) is 0 Å². The van der Waals surface area contributed by atoms with Gasteiger partial charge < -0.3 is 30.2 Å². The summed E-state index contributed by atoms with van der Waals surface area (Å²) in [7, 11) is 3.47. The summed E-state index contributed by atoms with van der Waals surface area (Å²) in [5, 5.41) is 9.01. The summed E-state index contributed by atoms with van der Waals surface area (Å²) in [6.45, 7) is 1.50. The van der Waals surface area contributed by atoms with Crippen LogP contribution in [0.3, 0.4) is 0 Å². The largest absolute Gasteiger partial charge is 0.493 e. The number of nitrogens with one attached hydrogen (secondary N) is 3. The molecule has 2 amide bonds. The molecule has 0 saturated heterocycles. The minimum Gasteiger partial charge on any atom is -0.493 e. The molecule has 0 spiro atoms. The molecule has 1 fully saturated rings. The molecular formula is C33H34F2N4O5. The fourth-order valence-corrected chi connectivity index (χ4v) is 4.75. The van der Waals surface area contributed by atoms with Gasteiger partial charge in [-0.1, -0.05) is 0 Å². The Labute approximate surface area is 253 Å². The van der Waals surface area contributed by atoms with Crippen LogP contribution in [0.5, 0.6) is 23.0 Å². The number of anilines is 2. The lowest BCUT2D eigenvalue weighted by atomic mass is 10.0. The zero-order valence-electron chi connectivity index (χ0n) is 24.5. The van der Waals surface area contributed by atoms with Crippen LogP contribution in [0, 0.1) is 17.0 Å². The SMILES string of the molecule is CNCCCCCOc1cc2nccc(Oc3ccc(NC(=O)C4(C(=O)Nc5ccc(F)cc5)CC4)cc3F)c2cc1OC. The molecule has 4 aromatic rings. The van der Waals surface area contributed by atoms with E-state index in [4.69, 9.17) is 14.2 Å². The number of unbranched alkanes of at least 4 members (excludes halogenated alkanes) is 2. The maximum Gasteiger partial charge on any atom is 0.240 e. The number of fused-ring (bicyclic) bond motifs is 1. The number of pyridine rings is 1. The average molecular weight is 605 g/mol. The van der Waals surface area contributed by atoms with Gasteiger partial charge in [0.25, 0.3) is 0 Å². The molecule has 0 radical (unpaired) electrons. The van der Waals surface area contributed by atoms with Gasteiger partial charge in [0.05, 0.1) is 19.2 Å². The second-order valence-electron chi connectivity index (χ2n) is 10.6. The van der Waals surface area contributed by atoms with Gasteiger partial charge in [-0.05, 0) is 94.2 Å². The predicted molar refractivity (Wildman–Crippen MR) is 163 cm³/mol. The third kappa shape index (κ3) is 7.05. The van der Waals surface area contributed by atoms with Crippen molar-refractivity contribution in [2.24, 2.45) is 5.41 Å². The Bertz CT molecular complexity index is 1640. The van der Waals surface area contributed by atoms with Gasteiger partial charge in [-0.25, -0.2) is 8.78 Å². The standard InChI is InChI=1S/C33H34F2N4O5/c1-36-15-4-3-5-17-43-30-20-26-24(19-29(30)42-2)27(12-16-37-26)44-28-11-10-23(18-25(28)35)39-32(41)33(13-14-33)31(40)38-22-8-6-21(34)7-9-22/h6-12,16,18-20,36H,3-5,13-15,17H2,1-2H3,(H,38,40)(H,39,41). The number of methoxy groups -OCH3 is 1. The van der Waals surface area contributed by atoms with Crippen LogP contribution in [0.1, 0.15) is 32.1 Å². The number of amides is 2. The van der Waals surface area contributed by atoms with E-state index in [2.05, 4.69) is 20.9 Å². The fourth-order valence-electron chi connectivity index (χ4n) is 4.75. The van der Waals surface area contributed by atoms with Crippen molar-refractivity contribution >= 4 is 34.1 Å². The number of hydrogen-bond donors (Lipinski definition) is 3. The monoisotopic (exact) mass is 604 g/mol. The van der Waals surface area contributed by atoms with E-state index >= 15 is 4.39 Å². The minimum atomic E-state index is -1.27. The van der Waals surface area contributed by atoms with Crippen LogP contribution < -0.4 is 30.2 Å². The molecule has 0 unspecified atom stereocenters. The Balaban J connectivity index is 1.25. The van der Waals surface area contributed by atoms with Gasteiger partial charge in [-0.3, -0.25) is 14.6 Å². The van der Waals surface area contributed by atoms with E-state index in [1.54, 1.807) is 31.5 Å². The van der Waals surface area contributed by atoms with Crippen molar-refractivity contribution in [3.8, 4) is 23.0 Å². The third-order valence-corrected chi connectivity index (χ3v) is 7.45. The molecule has 0 aliphatic heterocycles. The number of aromatic nitrogens is 1. The first kappa shape index (κ1) is 30.7. The van der Waals surface area contributed by atoms with E-state index in [0.717, 1.165) is 31.9 Å². The zero-order chi connectivity index (χ0) is 31.1. The van der Waals surface area contributed by atoms with Crippen molar-refractivity contribution in [2.45, 2.75) is 32.1 Å². The molecule has 11 heteroatoms. The Morgan fingerprint density at radius 2 is 1.57 bits per heavy atom. The van der Waals surface area contributed by atoms with Crippen molar-refractivity contribution in [2.75, 3.05) is 37.9 Å². The van der Waals surface area contributed by atoms with Crippen molar-refractivity contribution in [3.63, 3.8) is 0 Å². The molecule has 3 N–H and O–H groups in total. The molecule has 1 aliphatic rings. The Morgan fingerprint density at radius 1 is 0.841 bits per heavy atom. The van der Waals surface area contributed by atoms with Gasteiger partial charge >= 0.3 is 0 Å². The quantitative estimate of drug-likeness (QED) is 0.112. The van der Waals surface area contributed by atoms with Crippen molar-refractivity contribution in [3.05, 3.63) is 78.5 Å².